The summed E-state index contributed by atoms with van der Waals surface area (Å²) in [6.45, 7) is 3.18. The van der Waals surface area contributed by atoms with Crippen LogP contribution < -0.4 is 15.2 Å². The van der Waals surface area contributed by atoms with Crippen LogP contribution in [0.1, 0.15) is 27.0 Å². The van der Waals surface area contributed by atoms with Crippen molar-refractivity contribution in [3.05, 3.63) is 87.9 Å². The van der Waals surface area contributed by atoms with Gasteiger partial charge in [-0.15, -0.1) is 0 Å². The fourth-order valence-corrected chi connectivity index (χ4v) is 3.68. The van der Waals surface area contributed by atoms with Crippen LogP contribution >= 0.6 is 11.6 Å². The predicted molar refractivity (Wildman–Crippen MR) is 123 cm³/mol. The van der Waals surface area contributed by atoms with Crippen molar-refractivity contribution in [2.45, 2.75) is 18.7 Å². The molecule has 0 saturated carbocycles. The first-order chi connectivity index (χ1) is 15.0. The monoisotopic (exact) mass is 472 g/mol. The summed E-state index contributed by atoms with van der Waals surface area (Å²) in [4.78, 5) is 24.7. The number of anilines is 1. The quantitative estimate of drug-likeness (QED) is 0.506. The van der Waals surface area contributed by atoms with Crippen LogP contribution in [0.25, 0.3) is 0 Å². The maximum Gasteiger partial charge on any atom is 0.262 e. The molecule has 0 atom stereocenters. The van der Waals surface area contributed by atoms with Gasteiger partial charge in [-0.1, -0.05) is 11.6 Å². The van der Waals surface area contributed by atoms with Crippen LogP contribution in [0, 0.1) is 13.8 Å². The maximum atomic E-state index is 12.5. The van der Waals surface area contributed by atoms with E-state index in [-0.39, 0.29) is 17.3 Å². The van der Waals surface area contributed by atoms with E-state index in [1.807, 2.05) is 0 Å². The molecule has 1 amide bonds. The summed E-state index contributed by atoms with van der Waals surface area (Å²) < 4.78 is 28.8. The molecule has 32 heavy (non-hydrogen) atoms. The zero-order valence-corrected chi connectivity index (χ0v) is 19.0. The van der Waals surface area contributed by atoms with Gasteiger partial charge < -0.3 is 10.1 Å². The number of benzene rings is 3. The number of hydrogen-bond donors (Lipinski definition) is 2. The number of nitrogens with one attached hydrogen (secondary N) is 1. The highest BCUT2D eigenvalue weighted by Crippen LogP contribution is 2.24. The van der Waals surface area contributed by atoms with Gasteiger partial charge in [0.2, 0.25) is 10.0 Å². The number of amides is 1. The van der Waals surface area contributed by atoms with E-state index in [4.69, 9.17) is 21.5 Å². The van der Waals surface area contributed by atoms with Crippen LogP contribution in [0.5, 0.6) is 5.75 Å². The normalized spacial score (nSPS) is 11.1. The highest BCUT2D eigenvalue weighted by atomic mass is 35.5. The summed E-state index contributed by atoms with van der Waals surface area (Å²) in [7, 11) is -3.91. The topological polar surface area (TPSA) is 116 Å². The van der Waals surface area contributed by atoms with E-state index in [0.717, 1.165) is 5.56 Å². The number of aryl methyl sites for hydroxylation is 1. The van der Waals surface area contributed by atoms with Gasteiger partial charge in [-0.05, 0) is 85.6 Å². The molecule has 3 rings (SSSR count). The Morgan fingerprint density at radius 2 is 1.53 bits per heavy atom. The highest BCUT2D eigenvalue weighted by molar-refractivity contribution is 7.89. The molecular weight excluding hydrogens is 452 g/mol. The predicted octanol–water partition coefficient (Wildman–Crippen LogP) is 3.85. The maximum absolute atomic E-state index is 12.5. The van der Waals surface area contributed by atoms with Gasteiger partial charge in [0.25, 0.3) is 5.91 Å². The molecule has 0 spiro atoms. The molecule has 0 heterocycles. The van der Waals surface area contributed by atoms with E-state index in [1.165, 1.54) is 12.1 Å². The Balaban J connectivity index is 1.64. The molecule has 3 N–H and O–H groups in total. The summed E-state index contributed by atoms with van der Waals surface area (Å²) in [6.07, 6.45) is 0. The van der Waals surface area contributed by atoms with Gasteiger partial charge in [-0.3, -0.25) is 9.59 Å². The number of sulfonamides is 1. The standard InChI is InChI=1S/C23H21ClN2O5S/c1-14-11-20(32(25,29)30)12-21(15(14)2)26-22(27)13-31-19-9-5-17(6-10-19)23(28)16-3-7-18(24)8-4-16/h3-12H,13H2,1-2H3,(H,26,27)(H2,25,29,30). The second-order valence-corrected chi connectivity index (χ2v) is 9.15. The lowest BCUT2D eigenvalue weighted by Crippen LogP contribution is -2.21. The van der Waals surface area contributed by atoms with Gasteiger partial charge in [0.15, 0.2) is 12.4 Å². The smallest absolute Gasteiger partial charge is 0.262 e. The third kappa shape index (κ3) is 5.73. The lowest BCUT2D eigenvalue weighted by Gasteiger charge is -2.13. The van der Waals surface area contributed by atoms with E-state index in [2.05, 4.69) is 5.32 Å². The van der Waals surface area contributed by atoms with Gasteiger partial charge in [0, 0.05) is 21.8 Å². The van der Waals surface area contributed by atoms with Crippen molar-refractivity contribution in [1.82, 2.24) is 0 Å². The molecular formula is C23H21ClN2O5S. The van der Waals surface area contributed by atoms with E-state index < -0.39 is 15.9 Å². The molecule has 0 aliphatic rings. The third-order valence-corrected chi connectivity index (χ3v) is 5.98. The molecule has 0 saturated heterocycles. The molecule has 166 valence electrons. The Morgan fingerprint density at radius 3 is 2.09 bits per heavy atom. The van der Waals surface area contributed by atoms with E-state index >= 15 is 0 Å². The van der Waals surface area contributed by atoms with Gasteiger partial charge >= 0.3 is 0 Å². The number of ether oxygens (including phenoxy) is 1. The van der Waals surface area contributed by atoms with Gasteiger partial charge in [-0.2, -0.15) is 0 Å². The first-order valence-electron chi connectivity index (χ1n) is 9.51. The average Bonchev–Trinajstić information content (AvgIpc) is 2.75. The van der Waals surface area contributed by atoms with Crippen LogP contribution in [0.15, 0.2) is 65.6 Å². The van der Waals surface area contributed by atoms with Crippen LogP contribution in [0.3, 0.4) is 0 Å². The van der Waals surface area contributed by atoms with Gasteiger partial charge in [0.1, 0.15) is 5.75 Å². The molecule has 0 unspecified atom stereocenters. The summed E-state index contributed by atoms with van der Waals surface area (Å²) in [5, 5.41) is 8.38. The lowest BCUT2D eigenvalue weighted by molar-refractivity contribution is -0.118. The van der Waals surface area contributed by atoms with Crippen LogP contribution in [-0.4, -0.2) is 26.7 Å². The van der Waals surface area contributed by atoms with E-state index in [9.17, 15) is 18.0 Å². The van der Waals surface area contributed by atoms with Crippen LogP contribution in [0.4, 0.5) is 5.69 Å². The van der Waals surface area contributed by atoms with Crippen molar-refractivity contribution in [2.75, 3.05) is 11.9 Å². The Bertz CT molecular complexity index is 1270. The molecule has 3 aromatic rings. The number of ketones is 1. The molecule has 3 aromatic carbocycles. The molecule has 0 aliphatic carbocycles. The number of carbonyl (C=O) groups is 2. The van der Waals surface area contributed by atoms with E-state index in [0.29, 0.717) is 33.1 Å². The Kier molecular flexibility index (Phi) is 6.98. The van der Waals surface area contributed by atoms with Crippen LogP contribution in [0.2, 0.25) is 5.02 Å². The molecule has 9 heteroatoms. The van der Waals surface area contributed by atoms with Gasteiger partial charge in [0.05, 0.1) is 4.90 Å². The Labute approximate surface area is 191 Å². The minimum absolute atomic E-state index is 0.0854. The fraction of sp³-hybridized carbons (Fsp3) is 0.130. The third-order valence-electron chi connectivity index (χ3n) is 4.84. The number of primary sulfonamides is 1. The van der Waals surface area contributed by atoms with E-state index in [1.54, 1.807) is 62.4 Å². The molecule has 0 fully saturated rings. The summed E-state index contributed by atoms with van der Waals surface area (Å²) in [5.41, 5.74) is 2.71. The molecule has 7 nitrogen and oxygen atoms in total. The van der Waals surface area contributed by atoms with Crippen molar-refractivity contribution in [1.29, 1.82) is 0 Å². The minimum atomic E-state index is -3.91. The number of carbonyl (C=O) groups excluding carboxylic acids is 2. The summed E-state index contributed by atoms with van der Waals surface area (Å²) in [5.74, 6) is -0.231. The number of halogens is 1. The fourth-order valence-electron chi connectivity index (χ4n) is 2.93. The second kappa shape index (κ2) is 9.52. The molecule has 0 bridgehead atoms. The summed E-state index contributed by atoms with van der Waals surface area (Å²) in [6, 6.07) is 15.7. The number of rotatable bonds is 7. The highest BCUT2D eigenvalue weighted by Gasteiger charge is 2.15. The molecule has 0 aliphatic heterocycles. The SMILES string of the molecule is Cc1cc(S(N)(=O)=O)cc(NC(=O)COc2ccc(C(=O)c3ccc(Cl)cc3)cc2)c1C. The van der Waals surface area contributed by atoms with Crippen molar-refractivity contribution in [3.63, 3.8) is 0 Å². The summed E-state index contributed by atoms with van der Waals surface area (Å²) >= 11 is 5.85. The Hall–Kier alpha value is -3.20. The zero-order chi connectivity index (χ0) is 23.5. The number of hydrogen-bond acceptors (Lipinski definition) is 5. The number of nitrogens with two attached hydrogens (primary N) is 1. The average molecular weight is 473 g/mol. The minimum Gasteiger partial charge on any atom is -0.484 e. The lowest BCUT2D eigenvalue weighted by atomic mass is 10.0. The van der Waals surface area contributed by atoms with Crippen LogP contribution in [-0.2, 0) is 14.8 Å². The van der Waals surface area contributed by atoms with Gasteiger partial charge in [-0.25, -0.2) is 13.6 Å². The molecule has 0 aromatic heterocycles. The zero-order valence-electron chi connectivity index (χ0n) is 17.4. The second-order valence-electron chi connectivity index (χ2n) is 7.15. The van der Waals surface area contributed by atoms with Crippen molar-refractivity contribution >= 4 is 39.0 Å². The van der Waals surface area contributed by atoms with Crippen molar-refractivity contribution in [2.24, 2.45) is 5.14 Å². The Morgan fingerprint density at radius 1 is 0.969 bits per heavy atom. The largest absolute Gasteiger partial charge is 0.484 e. The van der Waals surface area contributed by atoms with Crippen molar-refractivity contribution in [3.8, 4) is 5.75 Å². The first-order valence-corrected chi connectivity index (χ1v) is 11.4. The molecule has 0 radical (unpaired) electrons. The van der Waals surface area contributed by atoms with Crippen molar-refractivity contribution < 1.29 is 22.7 Å². The first kappa shape index (κ1) is 23.5.